The molecule has 0 unspecified atom stereocenters. The van der Waals surface area contributed by atoms with E-state index in [1.807, 2.05) is 47.5 Å². The van der Waals surface area contributed by atoms with Gasteiger partial charge in [0.2, 0.25) is 0 Å². The monoisotopic (exact) mass is 399 g/mol. The predicted molar refractivity (Wildman–Crippen MR) is 118 cm³/mol. The van der Waals surface area contributed by atoms with Gasteiger partial charge >= 0.3 is 0 Å². The number of hydrogen-bond donors (Lipinski definition) is 0. The number of nitrogens with zero attached hydrogens (tertiary/aromatic N) is 5. The van der Waals surface area contributed by atoms with Crippen molar-refractivity contribution in [3.05, 3.63) is 83.7 Å². The van der Waals surface area contributed by atoms with Gasteiger partial charge in [-0.05, 0) is 41.8 Å². The smallest absolute Gasteiger partial charge is 0.255 e. The second kappa shape index (κ2) is 8.14. The standard InChI is InChI=1S/C24H25N5O/c30-24(29-12-10-19-5-1-2-6-21(19)18-29)20-8-9-23(26-17-20)28-15-13-27(14-16-28)22-7-3-4-11-25-22/h1-9,11,17H,10,12-16,18H2. The van der Waals surface area contributed by atoms with Crippen LogP contribution in [0.5, 0.6) is 0 Å². The molecule has 0 saturated carbocycles. The molecular weight excluding hydrogens is 374 g/mol. The van der Waals surface area contributed by atoms with Crippen LogP contribution in [0.3, 0.4) is 0 Å². The molecule has 30 heavy (non-hydrogen) atoms. The molecule has 2 aliphatic rings. The van der Waals surface area contributed by atoms with Crippen LogP contribution < -0.4 is 9.80 Å². The number of anilines is 2. The lowest BCUT2D eigenvalue weighted by Gasteiger charge is -2.36. The minimum absolute atomic E-state index is 0.0588. The third kappa shape index (κ3) is 3.73. The van der Waals surface area contributed by atoms with Crippen molar-refractivity contribution in [1.29, 1.82) is 0 Å². The predicted octanol–water partition coefficient (Wildman–Crippen LogP) is 3.00. The van der Waals surface area contributed by atoms with Gasteiger partial charge in [0.05, 0.1) is 5.56 Å². The molecule has 1 aromatic carbocycles. The van der Waals surface area contributed by atoms with Gasteiger partial charge in [-0.1, -0.05) is 30.3 Å². The van der Waals surface area contributed by atoms with Crippen molar-refractivity contribution < 1.29 is 4.79 Å². The second-order valence-corrected chi connectivity index (χ2v) is 7.81. The number of hydrogen-bond acceptors (Lipinski definition) is 5. The number of rotatable bonds is 3. The van der Waals surface area contributed by atoms with Gasteiger partial charge in [0, 0.05) is 51.7 Å². The van der Waals surface area contributed by atoms with Crippen LogP contribution >= 0.6 is 0 Å². The first-order chi connectivity index (χ1) is 14.8. The molecule has 6 heteroatoms. The number of benzene rings is 1. The highest BCUT2D eigenvalue weighted by Gasteiger charge is 2.23. The lowest BCUT2D eigenvalue weighted by Crippen LogP contribution is -2.47. The van der Waals surface area contributed by atoms with Gasteiger partial charge < -0.3 is 14.7 Å². The minimum Gasteiger partial charge on any atom is -0.353 e. The third-order valence-electron chi connectivity index (χ3n) is 5.99. The van der Waals surface area contributed by atoms with E-state index < -0.39 is 0 Å². The molecule has 0 spiro atoms. The fraction of sp³-hybridized carbons (Fsp3) is 0.292. The van der Waals surface area contributed by atoms with Crippen LogP contribution in [0.1, 0.15) is 21.5 Å². The van der Waals surface area contributed by atoms with Gasteiger partial charge in [0.1, 0.15) is 11.6 Å². The van der Waals surface area contributed by atoms with Gasteiger partial charge in [0.25, 0.3) is 5.91 Å². The maximum absolute atomic E-state index is 13.0. The SMILES string of the molecule is O=C(c1ccc(N2CCN(c3ccccn3)CC2)nc1)N1CCc2ccccc2C1. The lowest BCUT2D eigenvalue weighted by molar-refractivity contribution is 0.0734. The summed E-state index contributed by atoms with van der Waals surface area (Å²) in [6, 6.07) is 18.3. The fourth-order valence-electron chi connectivity index (χ4n) is 4.26. The highest BCUT2D eigenvalue weighted by molar-refractivity contribution is 5.94. The summed E-state index contributed by atoms with van der Waals surface area (Å²) >= 11 is 0. The average Bonchev–Trinajstić information content (AvgIpc) is 2.84. The van der Waals surface area contributed by atoms with Crippen LogP contribution in [0.15, 0.2) is 67.0 Å². The quantitative estimate of drug-likeness (QED) is 0.678. The van der Waals surface area contributed by atoms with Crippen molar-refractivity contribution in [1.82, 2.24) is 14.9 Å². The van der Waals surface area contributed by atoms with Crippen molar-refractivity contribution in [2.75, 3.05) is 42.5 Å². The molecule has 0 aliphatic carbocycles. The van der Waals surface area contributed by atoms with Crippen LogP contribution in [-0.2, 0) is 13.0 Å². The van der Waals surface area contributed by atoms with Crippen LogP contribution in [0.2, 0.25) is 0 Å². The highest BCUT2D eigenvalue weighted by Crippen LogP contribution is 2.22. The topological polar surface area (TPSA) is 52.6 Å². The molecule has 5 rings (SSSR count). The molecule has 0 radical (unpaired) electrons. The number of piperazine rings is 1. The van der Waals surface area contributed by atoms with E-state index in [9.17, 15) is 4.79 Å². The van der Waals surface area contributed by atoms with E-state index in [0.29, 0.717) is 12.1 Å². The number of amides is 1. The first-order valence-corrected chi connectivity index (χ1v) is 10.5. The summed E-state index contributed by atoms with van der Waals surface area (Å²) < 4.78 is 0. The van der Waals surface area contributed by atoms with E-state index in [1.165, 1.54) is 11.1 Å². The van der Waals surface area contributed by atoms with Crippen molar-refractivity contribution in [2.45, 2.75) is 13.0 Å². The summed E-state index contributed by atoms with van der Waals surface area (Å²) in [5, 5.41) is 0. The molecule has 0 atom stereocenters. The van der Waals surface area contributed by atoms with E-state index in [4.69, 9.17) is 0 Å². The third-order valence-corrected chi connectivity index (χ3v) is 5.99. The number of carbonyl (C=O) groups excluding carboxylic acids is 1. The van der Waals surface area contributed by atoms with Gasteiger partial charge in [-0.2, -0.15) is 0 Å². The van der Waals surface area contributed by atoms with Crippen LogP contribution in [0.25, 0.3) is 0 Å². The maximum Gasteiger partial charge on any atom is 0.255 e. The Hall–Kier alpha value is -3.41. The zero-order valence-corrected chi connectivity index (χ0v) is 16.9. The normalized spacial score (nSPS) is 16.3. The molecule has 2 aromatic heterocycles. The van der Waals surface area contributed by atoms with E-state index in [-0.39, 0.29) is 5.91 Å². The maximum atomic E-state index is 13.0. The van der Waals surface area contributed by atoms with E-state index in [2.05, 4.69) is 38.0 Å². The van der Waals surface area contributed by atoms with Gasteiger partial charge in [-0.15, -0.1) is 0 Å². The number of pyridine rings is 2. The Morgan fingerprint density at radius 3 is 2.10 bits per heavy atom. The van der Waals surface area contributed by atoms with Crippen molar-refractivity contribution in [3.8, 4) is 0 Å². The van der Waals surface area contributed by atoms with E-state index >= 15 is 0 Å². The molecule has 1 fully saturated rings. The summed E-state index contributed by atoms with van der Waals surface area (Å²) in [5.41, 5.74) is 3.25. The molecule has 0 bridgehead atoms. The molecule has 4 heterocycles. The number of fused-ring (bicyclic) bond motifs is 1. The van der Waals surface area contributed by atoms with Crippen LogP contribution in [0, 0.1) is 0 Å². The van der Waals surface area contributed by atoms with Crippen molar-refractivity contribution in [2.24, 2.45) is 0 Å². The first kappa shape index (κ1) is 18.6. The summed E-state index contributed by atoms with van der Waals surface area (Å²) in [6.45, 7) is 5.03. The van der Waals surface area contributed by atoms with E-state index in [0.717, 1.165) is 50.8 Å². The molecule has 0 N–H and O–H groups in total. The number of aromatic nitrogens is 2. The van der Waals surface area contributed by atoms with Crippen molar-refractivity contribution in [3.63, 3.8) is 0 Å². The molecule has 152 valence electrons. The lowest BCUT2D eigenvalue weighted by atomic mass is 9.99. The molecule has 1 amide bonds. The number of carbonyl (C=O) groups is 1. The molecule has 3 aromatic rings. The summed E-state index contributed by atoms with van der Waals surface area (Å²) in [7, 11) is 0. The Morgan fingerprint density at radius 1 is 0.733 bits per heavy atom. The molecule has 1 saturated heterocycles. The van der Waals surface area contributed by atoms with Crippen LogP contribution in [0.4, 0.5) is 11.6 Å². The van der Waals surface area contributed by atoms with Gasteiger partial charge in [-0.25, -0.2) is 9.97 Å². The first-order valence-electron chi connectivity index (χ1n) is 10.5. The highest BCUT2D eigenvalue weighted by atomic mass is 16.2. The summed E-state index contributed by atoms with van der Waals surface area (Å²) in [6.07, 6.45) is 4.47. The Labute approximate surface area is 176 Å². The Bertz CT molecular complexity index is 1010. The molecule has 2 aliphatic heterocycles. The summed E-state index contributed by atoms with van der Waals surface area (Å²) in [4.78, 5) is 28.5. The van der Waals surface area contributed by atoms with E-state index in [1.54, 1.807) is 6.20 Å². The zero-order chi connectivity index (χ0) is 20.3. The summed E-state index contributed by atoms with van der Waals surface area (Å²) in [5.74, 6) is 2.01. The average molecular weight is 399 g/mol. The Kier molecular flexibility index (Phi) is 5.05. The minimum atomic E-state index is 0.0588. The fourth-order valence-corrected chi connectivity index (χ4v) is 4.26. The van der Waals surface area contributed by atoms with Crippen molar-refractivity contribution >= 4 is 17.5 Å². The second-order valence-electron chi connectivity index (χ2n) is 7.81. The molecule has 6 nitrogen and oxygen atoms in total. The van der Waals surface area contributed by atoms with Crippen LogP contribution in [-0.4, -0.2) is 53.5 Å². The molecular formula is C24H25N5O. The largest absolute Gasteiger partial charge is 0.353 e. The van der Waals surface area contributed by atoms with Gasteiger partial charge in [0.15, 0.2) is 0 Å². The Morgan fingerprint density at radius 2 is 1.43 bits per heavy atom. The Balaban J connectivity index is 1.21. The zero-order valence-electron chi connectivity index (χ0n) is 16.9. The van der Waals surface area contributed by atoms with Gasteiger partial charge in [-0.3, -0.25) is 4.79 Å².